The number of hydrogen-bond donors (Lipinski definition) is 1. The Bertz CT molecular complexity index is 780. The molecule has 0 atom stereocenters. The predicted octanol–water partition coefficient (Wildman–Crippen LogP) is 3.62. The Balaban J connectivity index is 1.48. The third kappa shape index (κ3) is 5.92. The van der Waals surface area contributed by atoms with Gasteiger partial charge in [0.05, 0.1) is 0 Å². The van der Waals surface area contributed by atoms with Crippen LogP contribution in [-0.2, 0) is 0 Å². The van der Waals surface area contributed by atoms with Gasteiger partial charge in [0.2, 0.25) is 0 Å². The zero-order valence-corrected chi connectivity index (χ0v) is 16.8. The molecule has 2 aromatic rings. The van der Waals surface area contributed by atoms with Crippen LogP contribution >= 0.6 is 0 Å². The lowest BCUT2D eigenvalue weighted by Gasteiger charge is -2.34. The monoisotopic (exact) mass is 378 g/mol. The van der Waals surface area contributed by atoms with Gasteiger partial charge in [0, 0.05) is 51.0 Å². The summed E-state index contributed by atoms with van der Waals surface area (Å²) in [4.78, 5) is 21.5. The largest absolute Gasteiger partial charge is 0.370 e. The van der Waals surface area contributed by atoms with Crippen molar-refractivity contribution >= 4 is 17.8 Å². The van der Waals surface area contributed by atoms with Gasteiger partial charge >= 0.3 is 0 Å². The van der Waals surface area contributed by atoms with Crippen molar-refractivity contribution < 1.29 is 4.79 Å². The van der Waals surface area contributed by atoms with Crippen LogP contribution in [0, 0.1) is 5.92 Å². The number of carbonyl (C=O) groups excluding carboxylic acids is 1. The molecule has 1 amide bonds. The van der Waals surface area contributed by atoms with Crippen LogP contribution < -0.4 is 5.32 Å². The average molecular weight is 379 g/mol. The van der Waals surface area contributed by atoms with E-state index in [4.69, 9.17) is 0 Å². The number of nitrogens with zero attached hydrogens (tertiary/aromatic N) is 3. The first-order valence-electron chi connectivity index (χ1n) is 10.0. The van der Waals surface area contributed by atoms with Crippen LogP contribution in [0.2, 0.25) is 0 Å². The van der Waals surface area contributed by atoms with E-state index in [-0.39, 0.29) is 5.91 Å². The summed E-state index contributed by atoms with van der Waals surface area (Å²) in [6, 6.07) is 14.0. The van der Waals surface area contributed by atoms with Gasteiger partial charge in [0.15, 0.2) is 0 Å². The van der Waals surface area contributed by atoms with E-state index < -0.39 is 0 Å². The summed E-state index contributed by atoms with van der Waals surface area (Å²) in [6.45, 7) is 9.37. The van der Waals surface area contributed by atoms with E-state index in [1.54, 1.807) is 12.3 Å². The summed E-state index contributed by atoms with van der Waals surface area (Å²) < 4.78 is 0. The highest BCUT2D eigenvalue weighted by Crippen LogP contribution is 2.13. The number of anilines is 1. The summed E-state index contributed by atoms with van der Waals surface area (Å²) in [5.74, 6) is 1.39. The van der Waals surface area contributed by atoms with Gasteiger partial charge in [0.25, 0.3) is 5.91 Å². The van der Waals surface area contributed by atoms with Crippen LogP contribution in [0.25, 0.3) is 6.08 Å². The van der Waals surface area contributed by atoms with E-state index in [0.717, 1.165) is 45.1 Å². The molecule has 2 heterocycles. The molecule has 0 bridgehead atoms. The minimum atomic E-state index is 0.0921. The van der Waals surface area contributed by atoms with Gasteiger partial charge in [-0.1, -0.05) is 56.3 Å². The van der Waals surface area contributed by atoms with Gasteiger partial charge in [-0.2, -0.15) is 0 Å². The Kier molecular flexibility index (Phi) is 7.20. The molecule has 5 nitrogen and oxygen atoms in total. The molecule has 1 aliphatic rings. The summed E-state index contributed by atoms with van der Waals surface area (Å²) in [5, 5.41) is 3.29. The number of piperazine rings is 1. The van der Waals surface area contributed by atoms with Crippen molar-refractivity contribution in [3.63, 3.8) is 0 Å². The van der Waals surface area contributed by atoms with Crippen LogP contribution in [0.1, 0.15) is 29.8 Å². The van der Waals surface area contributed by atoms with Crippen molar-refractivity contribution in [2.75, 3.05) is 44.6 Å². The standard InChI is InChI=1S/C23H30N4O/c1-19(2)18-25-22-17-21(10-11-24-22)23(28)27-15-13-26(14-16-27)12-6-9-20-7-4-3-5-8-20/h3-11,17,19H,12-16,18H2,1-2H3,(H,24,25)/b9-6+. The zero-order valence-electron chi connectivity index (χ0n) is 16.8. The number of aromatic nitrogens is 1. The van der Waals surface area contributed by atoms with E-state index in [9.17, 15) is 4.79 Å². The fourth-order valence-corrected chi connectivity index (χ4v) is 3.19. The molecule has 0 unspecified atom stereocenters. The van der Waals surface area contributed by atoms with Crippen molar-refractivity contribution in [2.24, 2.45) is 5.92 Å². The first-order chi connectivity index (χ1) is 13.6. The lowest BCUT2D eigenvalue weighted by molar-refractivity contribution is 0.0650. The minimum Gasteiger partial charge on any atom is -0.370 e. The Hall–Kier alpha value is -2.66. The summed E-state index contributed by atoms with van der Waals surface area (Å²) in [6.07, 6.45) is 6.06. The van der Waals surface area contributed by atoms with Gasteiger partial charge in [-0.25, -0.2) is 4.98 Å². The molecule has 1 aromatic carbocycles. The van der Waals surface area contributed by atoms with Crippen molar-refractivity contribution in [3.8, 4) is 0 Å². The van der Waals surface area contributed by atoms with Crippen molar-refractivity contribution in [1.82, 2.24) is 14.8 Å². The summed E-state index contributed by atoms with van der Waals surface area (Å²) in [7, 11) is 0. The molecule has 0 aliphatic carbocycles. The molecule has 1 fully saturated rings. The topological polar surface area (TPSA) is 48.5 Å². The number of amides is 1. The Morgan fingerprint density at radius 1 is 1.14 bits per heavy atom. The van der Waals surface area contributed by atoms with Crippen LogP contribution in [0.5, 0.6) is 0 Å². The van der Waals surface area contributed by atoms with Crippen LogP contribution in [0.3, 0.4) is 0 Å². The van der Waals surface area contributed by atoms with Gasteiger partial charge in [-0.3, -0.25) is 9.69 Å². The second-order valence-electron chi connectivity index (χ2n) is 7.61. The Morgan fingerprint density at radius 3 is 2.61 bits per heavy atom. The van der Waals surface area contributed by atoms with Gasteiger partial charge in [-0.05, 0) is 23.6 Å². The molecule has 0 saturated carbocycles. The second kappa shape index (κ2) is 10.0. The normalized spacial score (nSPS) is 15.3. The molecule has 148 valence electrons. The molecule has 1 aliphatic heterocycles. The highest BCUT2D eigenvalue weighted by atomic mass is 16.2. The maximum atomic E-state index is 12.8. The van der Waals surface area contributed by atoms with E-state index in [1.165, 1.54) is 5.56 Å². The Labute approximate surface area is 168 Å². The molecule has 1 N–H and O–H groups in total. The minimum absolute atomic E-state index is 0.0921. The van der Waals surface area contributed by atoms with Crippen LogP contribution in [-0.4, -0.2) is 60.0 Å². The summed E-state index contributed by atoms with van der Waals surface area (Å²) >= 11 is 0. The van der Waals surface area contributed by atoms with E-state index in [2.05, 4.69) is 53.3 Å². The first kappa shape index (κ1) is 20.1. The van der Waals surface area contributed by atoms with Crippen molar-refractivity contribution in [1.29, 1.82) is 0 Å². The quantitative estimate of drug-likeness (QED) is 0.799. The van der Waals surface area contributed by atoms with Crippen molar-refractivity contribution in [2.45, 2.75) is 13.8 Å². The number of rotatable bonds is 7. The highest BCUT2D eigenvalue weighted by molar-refractivity contribution is 5.94. The van der Waals surface area contributed by atoms with Crippen LogP contribution in [0.4, 0.5) is 5.82 Å². The summed E-state index contributed by atoms with van der Waals surface area (Å²) in [5.41, 5.74) is 1.93. The average Bonchev–Trinajstić information content (AvgIpc) is 2.73. The number of nitrogens with one attached hydrogen (secondary N) is 1. The molecule has 5 heteroatoms. The molecular weight excluding hydrogens is 348 g/mol. The SMILES string of the molecule is CC(C)CNc1cc(C(=O)N2CCN(C/C=C/c3ccccc3)CC2)ccn1. The fraction of sp³-hybridized carbons (Fsp3) is 0.391. The van der Waals surface area contributed by atoms with E-state index in [1.807, 2.05) is 29.2 Å². The molecule has 0 radical (unpaired) electrons. The number of pyridine rings is 1. The van der Waals surface area contributed by atoms with Crippen molar-refractivity contribution in [3.05, 3.63) is 65.9 Å². The number of hydrogen-bond acceptors (Lipinski definition) is 4. The van der Waals surface area contributed by atoms with Crippen LogP contribution in [0.15, 0.2) is 54.7 Å². The molecule has 28 heavy (non-hydrogen) atoms. The maximum Gasteiger partial charge on any atom is 0.254 e. The van der Waals surface area contributed by atoms with Gasteiger partial charge in [0.1, 0.15) is 5.82 Å². The van der Waals surface area contributed by atoms with Gasteiger partial charge < -0.3 is 10.2 Å². The predicted molar refractivity (Wildman–Crippen MR) is 115 cm³/mol. The Morgan fingerprint density at radius 2 is 1.89 bits per heavy atom. The highest BCUT2D eigenvalue weighted by Gasteiger charge is 2.21. The molecule has 1 aromatic heterocycles. The number of benzene rings is 1. The molecule has 3 rings (SSSR count). The fourth-order valence-electron chi connectivity index (χ4n) is 3.19. The zero-order chi connectivity index (χ0) is 19.8. The number of carbonyl (C=O) groups is 1. The molecule has 0 spiro atoms. The molecule has 1 saturated heterocycles. The smallest absolute Gasteiger partial charge is 0.254 e. The lowest BCUT2D eigenvalue weighted by atomic mass is 10.2. The second-order valence-corrected chi connectivity index (χ2v) is 7.61. The molecular formula is C23H30N4O. The van der Waals surface area contributed by atoms with E-state index in [0.29, 0.717) is 11.5 Å². The van der Waals surface area contributed by atoms with Gasteiger partial charge in [-0.15, -0.1) is 0 Å². The first-order valence-corrected chi connectivity index (χ1v) is 10.0. The lowest BCUT2D eigenvalue weighted by Crippen LogP contribution is -2.48. The third-order valence-electron chi connectivity index (χ3n) is 4.83. The van der Waals surface area contributed by atoms with E-state index >= 15 is 0 Å². The maximum absolute atomic E-state index is 12.8. The third-order valence-corrected chi connectivity index (χ3v) is 4.83.